The van der Waals surface area contributed by atoms with E-state index in [-0.39, 0.29) is 10.8 Å². The van der Waals surface area contributed by atoms with Crippen LogP contribution in [0.2, 0.25) is 25.2 Å². The van der Waals surface area contributed by atoms with Crippen molar-refractivity contribution in [3.63, 3.8) is 0 Å². The summed E-state index contributed by atoms with van der Waals surface area (Å²) in [5.74, 6) is 5.62. The molecule has 0 aromatic carbocycles. The molecule has 1 heterocycles. The molecule has 9 fully saturated rings. The standard InChI is InChI=1S/C29H46N2O2Si/c1-34(2,3)25-16-30(26(32)28-10-19-4-20(11-28)6-21(5-19)12-28)18-31(17-25)27(33)29-13-22-7-23(14-29)9-24(8-22)15-29/h19-25H,4-18H2,1-3H3. The maximum atomic E-state index is 14.3. The number of carbonyl (C=O) groups is 2. The summed E-state index contributed by atoms with van der Waals surface area (Å²) in [6, 6.07) is 0. The first kappa shape index (κ1) is 22.4. The highest BCUT2D eigenvalue weighted by molar-refractivity contribution is 6.77. The van der Waals surface area contributed by atoms with Crippen LogP contribution in [0.3, 0.4) is 0 Å². The first-order chi connectivity index (χ1) is 16.1. The van der Waals surface area contributed by atoms with Gasteiger partial charge in [-0.2, -0.15) is 0 Å². The molecule has 0 aromatic rings. The Bertz CT molecular complexity index is 756. The van der Waals surface area contributed by atoms with E-state index in [1.807, 2.05) is 0 Å². The van der Waals surface area contributed by atoms with Gasteiger partial charge in [0.15, 0.2) is 0 Å². The second kappa shape index (κ2) is 7.35. The Kier molecular flexibility index (Phi) is 4.84. The van der Waals surface area contributed by atoms with Crippen molar-refractivity contribution in [1.29, 1.82) is 0 Å². The minimum absolute atomic E-state index is 0.0918. The predicted octanol–water partition coefficient (Wildman–Crippen LogP) is 5.76. The van der Waals surface area contributed by atoms with Gasteiger partial charge in [0.25, 0.3) is 0 Å². The summed E-state index contributed by atoms with van der Waals surface area (Å²) in [7, 11) is -1.50. The summed E-state index contributed by atoms with van der Waals surface area (Å²) in [4.78, 5) is 33.1. The molecule has 8 aliphatic carbocycles. The Labute approximate surface area is 207 Å². The van der Waals surface area contributed by atoms with E-state index in [1.165, 1.54) is 38.5 Å². The Morgan fingerprint density at radius 3 is 1.15 bits per heavy atom. The molecule has 0 radical (unpaired) electrons. The van der Waals surface area contributed by atoms with Crippen molar-refractivity contribution in [2.45, 2.75) is 102 Å². The Hall–Kier alpha value is -0.843. The SMILES string of the molecule is C[Si](C)(C)C1CN(C(=O)C23CC4CC(CC(C4)C2)C3)CN(C(=O)C23CC4CC(CC(C4)C2)C3)C1. The van der Waals surface area contributed by atoms with Gasteiger partial charge in [-0.05, 0) is 118 Å². The lowest BCUT2D eigenvalue weighted by atomic mass is 9.49. The molecule has 8 bridgehead atoms. The number of carbonyl (C=O) groups excluding carboxylic acids is 2. The van der Waals surface area contributed by atoms with Crippen LogP contribution in [-0.2, 0) is 9.59 Å². The van der Waals surface area contributed by atoms with Gasteiger partial charge in [0.1, 0.15) is 0 Å². The Balaban J connectivity index is 1.16. The lowest BCUT2D eigenvalue weighted by Gasteiger charge is -2.59. The molecule has 5 heteroatoms. The van der Waals surface area contributed by atoms with E-state index >= 15 is 0 Å². The molecular weight excluding hydrogens is 436 g/mol. The number of hydrogen-bond acceptors (Lipinski definition) is 2. The summed E-state index contributed by atoms with van der Waals surface area (Å²) in [6.45, 7) is 9.74. The first-order valence-electron chi connectivity index (χ1n) is 14.7. The molecule has 0 N–H and O–H groups in total. The summed E-state index contributed by atoms with van der Waals surface area (Å²) < 4.78 is 0. The lowest BCUT2D eigenvalue weighted by Crippen LogP contribution is -2.64. The van der Waals surface area contributed by atoms with E-state index in [1.54, 1.807) is 0 Å². The molecule has 188 valence electrons. The van der Waals surface area contributed by atoms with E-state index in [2.05, 4.69) is 29.4 Å². The molecule has 4 nitrogen and oxygen atoms in total. The molecule has 8 saturated carbocycles. The van der Waals surface area contributed by atoms with Crippen LogP contribution < -0.4 is 0 Å². The minimum atomic E-state index is -1.50. The van der Waals surface area contributed by atoms with Gasteiger partial charge in [-0.1, -0.05) is 19.6 Å². The van der Waals surface area contributed by atoms with Gasteiger partial charge in [0.2, 0.25) is 11.8 Å². The summed E-state index contributed by atoms with van der Waals surface area (Å²) >= 11 is 0. The fourth-order valence-corrected chi connectivity index (χ4v) is 12.7. The lowest BCUT2D eigenvalue weighted by molar-refractivity contribution is -0.170. The molecule has 9 aliphatic rings. The zero-order valence-corrected chi connectivity index (χ0v) is 22.9. The summed E-state index contributed by atoms with van der Waals surface area (Å²) in [5, 5.41) is 0. The van der Waals surface area contributed by atoms with E-state index in [0.29, 0.717) is 24.0 Å². The third kappa shape index (κ3) is 3.41. The molecule has 34 heavy (non-hydrogen) atoms. The molecule has 0 aromatic heterocycles. The number of amides is 2. The molecule has 2 amide bonds. The summed E-state index contributed by atoms with van der Waals surface area (Å²) in [5.41, 5.74) is 0.314. The quantitative estimate of drug-likeness (QED) is 0.480. The highest BCUT2D eigenvalue weighted by atomic mass is 28.3. The van der Waals surface area contributed by atoms with Crippen LogP contribution in [0, 0.1) is 46.3 Å². The third-order valence-electron chi connectivity index (χ3n) is 12.0. The zero-order chi connectivity index (χ0) is 23.5. The normalized spacial score (nSPS) is 49.1. The molecule has 9 rings (SSSR count). The van der Waals surface area contributed by atoms with E-state index in [4.69, 9.17) is 0 Å². The van der Waals surface area contributed by atoms with Crippen molar-refractivity contribution >= 4 is 19.9 Å². The van der Waals surface area contributed by atoms with Gasteiger partial charge in [-0.25, -0.2) is 0 Å². The molecule has 1 saturated heterocycles. The third-order valence-corrected chi connectivity index (χ3v) is 14.8. The zero-order valence-electron chi connectivity index (χ0n) is 21.9. The van der Waals surface area contributed by atoms with Crippen molar-refractivity contribution in [2.75, 3.05) is 19.8 Å². The average molecular weight is 483 g/mol. The first-order valence-corrected chi connectivity index (χ1v) is 18.3. The smallest absolute Gasteiger partial charge is 0.230 e. The fraction of sp³-hybridized carbons (Fsp3) is 0.931. The van der Waals surface area contributed by atoms with Crippen molar-refractivity contribution in [1.82, 2.24) is 9.80 Å². The van der Waals surface area contributed by atoms with Gasteiger partial charge < -0.3 is 9.80 Å². The maximum absolute atomic E-state index is 14.3. The van der Waals surface area contributed by atoms with Crippen LogP contribution in [0.25, 0.3) is 0 Å². The van der Waals surface area contributed by atoms with Gasteiger partial charge in [-0.3, -0.25) is 9.59 Å². The van der Waals surface area contributed by atoms with Gasteiger partial charge in [0, 0.05) is 13.1 Å². The Morgan fingerprint density at radius 1 is 0.588 bits per heavy atom. The molecule has 1 aliphatic heterocycles. The van der Waals surface area contributed by atoms with Crippen LogP contribution in [0.4, 0.5) is 0 Å². The molecule has 0 spiro atoms. The van der Waals surface area contributed by atoms with Gasteiger partial charge >= 0.3 is 0 Å². The van der Waals surface area contributed by atoms with Crippen LogP contribution in [0.1, 0.15) is 77.0 Å². The van der Waals surface area contributed by atoms with Crippen molar-refractivity contribution < 1.29 is 9.59 Å². The summed E-state index contributed by atoms with van der Waals surface area (Å²) in [6.07, 6.45) is 15.1. The minimum Gasteiger partial charge on any atom is -0.324 e. The second-order valence-corrected chi connectivity index (χ2v) is 21.2. The average Bonchev–Trinajstić information content (AvgIpc) is 2.75. The maximum Gasteiger partial charge on any atom is 0.230 e. The van der Waals surface area contributed by atoms with Crippen molar-refractivity contribution in [3.8, 4) is 0 Å². The monoisotopic (exact) mass is 482 g/mol. The predicted molar refractivity (Wildman–Crippen MR) is 137 cm³/mol. The highest BCUT2D eigenvalue weighted by Crippen LogP contribution is 2.62. The molecule has 0 atom stereocenters. The van der Waals surface area contributed by atoms with Crippen molar-refractivity contribution in [3.05, 3.63) is 0 Å². The molecular formula is C29H46N2O2Si. The largest absolute Gasteiger partial charge is 0.324 e. The van der Waals surface area contributed by atoms with E-state index < -0.39 is 8.07 Å². The van der Waals surface area contributed by atoms with E-state index in [0.717, 1.165) is 87.1 Å². The van der Waals surface area contributed by atoms with Gasteiger partial charge in [0.05, 0.1) is 25.6 Å². The fourth-order valence-electron chi connectivity index (χ4n) is 11.2. The molecule has 0 unspecified atom stereocenters. The second-order valence-electron chi connectivity index (χ2n) is 15.7. The topological polar surface area (TPSA) is 40.6 Å². The van der Waals surface area contributed by atoms with Crippen LogP contribution >= 0.6 is 0 Å². The number of hydrogen-bond donors (Lipinski definition) is 0. The van der Waals surface area contributed by atoms with Crippen LogP contribution in [0.15, 0.2) is 0 Å². The van der Waals surface area contributed by atoms with Crippen LogP contribution in [0.5, 0.6) is 0 Å². The van der Waals surface area contributed by atoms with Gasteiger partial charge in [-0.15, -0.1) is 0 Å². The highest BCUT2D eigenvalue weighted by Gasteiger charge is 2.59. The number of rotatable bonds is 3. The number of nitrogens with zero attached hydrogens (tertiary/aromatic N) is 2. The Morgan fingerprint density at radius 2 is 0.882 bits per heavy atom. The van der Waals surface area contributed by atoms with Crippen molar-refractivity contribution in [2.24, 2.45) is 46.3 Å². The van der Waals surface area contributed by atoms with Crippen LogP contribution in [-0.4, -0.2) is 49.4 Å². The van der Waals surface area contributed by atoms with E-state index in [9.17, 15) is 9.59 Å².